The largest absolute Gasteiger partial charge is 0 e. The van der Waals surface area contributed by atoms with Crippen molar-refractivity contribution in [3.63, 3.8) is 0 Å². The van der Waals surface area contributed by atoms with Gasteiger partial charge in [-0.05, 0) is 10.1 Å². The zero-order valence-electron chi connectivity index (χ0n) is 3.36. The van der Waals surface area contributed by atoms with Crippen molar-refractivity contribution in [2.45, 2.75) is 0 Å². The van der Waals surface area contributed by atoms with Crippen molar-refractivity contribution in [1.29, 1.82) is 0 Å². The zero-order valence-corrected chi connectivity index (χ0v) is 11.7. The van der Waals surface area contributed by atoms with Gasteiger partial charge in [-0.15, -0.1) is 0 Å². The molecule has 0 heterocycles. The van der Waals surface area contributed by atoms with Gasteiger partial charge in [-0.3, -0.25) is 0 Å². The van der Waals surface area contributed by atoms with Gasteiger partial charge in [-0.2, -0.15) is 9.12 Å². The van der Waals surface area contributed by atoms with Crippen LogP contribution in [0.1, 0.15) is 0 Å². The summed E-state index contributed by atoms with van der Waals surface area (Å²) in [6, 6.07) is 0. The summed E-state index contributed by atoms with van der Waals surface area (Å²) < 4.78 is 0. The van der Waals surface area contributed by atoms with Crippen LogP contribution in [0.15, 0.2) is 0 Å². The first kappa shape index (κ1) is 22.5. The fraction of sp³-hybridized carbons (Fsp3) is 0. The molecule has 1 unspecified atom stereocenters. The minimum atomic E-state index is 0. The molecule has 1 atom stereocenters. The van der Waals surface area contributed by atoms with E-state index in [9.17, 15) is 0 Å². The van der Waals surface area contributed by atoms with Gasteiger partial charge < -0.3 is 0 Å². The van der Waals surface area contributed by atoms with E-state index < -0.39 is 0 Å². The third-order valence-corrected chi connectivity index (χ3v) is 0. The predicted octanol–water partition coefficient (Wildman–Crippen LogP) is -2.43. The van der Waals surface area contributed by atoms with Crippen molar-refractivity contribution in [2.75, 3.05) is 0 Å². The molecular formula is H8BLaPSiSrTi. The minimum Gasteiger partial charge on any atom is 0 e. The summed E-state index contributed by atoms with van der Waals surface area (Å²) in [7, 11) is 3.97. The van der Waals surface area contributed by atoms with Crippen LogP contribution in [0.25, 0.3) is 0 Å². The number of hydrogen-bond donors (Lipinski definition) is 0. The van der Waals surface area contributed by atoms with Gasteiger partial charge in [-0.25, -0.2) is 0 Å². The SMILES string of the molecule is [La].[SiH3]BP.[SrH2].[Ti]. The third kappa shape index (κ3) is 24.3. The fourth-order valence-corrected chi connectivity index (χ4v) is 0. The first-order valence-corrected chi connectivity index (χ1v) is 3.35. The van der Waals surface area contributed by atoms with Crippen LogP contribution in [0, 0.1) is 35.6 Å². The summed E-state index contributed by atoms with van der Waals surface area (Å²) in [6.07, 6.45) is 0. The molecule has 0 aromatic carbocycles. The molecule has 0 amide bonds. The van der Waals surface area contributed by atoms with Crippen LogP contribution in [-0.2, 0) is 21.7 Å². The average Bonchev–Trinajstić information content (AvgIpc) is 0.918. The van der Waals surface area contributed by atoms with Crippen LogP contribution in [0.3, 0.4) is 0 Å². The van der Waals surface area contributed by atoms with Gasteiger partial charge >= 0.3 is 45.5 Å². The van der Waals surface area contributed by atoms with Gasteiger partial charge in [0.1, 0.15) is 6.59 Å². The summed E-state index contributed by atoms with van der Waals surface area (Å²) in [5.74, 6) is 0. The molecule has 0 rings (SSSR count). The first-order chi connectivity index (χ1) is 1.41. The molecule has 29 valence electrons. The van der Waals surface area contributed by atoms with Crippen molar-refractivity contribution in [3.05, 3.63) is 0 Å². The molecule has 6 heteroatoms. The van der Waals surface area contributed by atoms with Crippen molar-refractivity contribution < 1.29 is 57.3 Å². The van der Waals surface area contributed by atoms with Crippen LogP contribution < -0.4 is 0 Å². The monoisotopic (exact) mass is 353 g/mol. The van der Waals surface area contributed by atoms with Gasteiger partial charge in [-0.1, -0.05) is 0 Å². The van der Waals surface area contributed by atoms with Crippen molar-refractivity contribution in [3.8, 4) is 0 Å². The molecule has 0 fully saturated rings. The second-order valence-electron chi connectivity index (χ2n) is 0.408. The Labute approximate surface area is 125 Å². The summed E-state index contributed by atoms with van der Waals surface area (Å²) in [4.78, 5) is 0. The van der Waals surface area contributed by atoms with E-state index in [4.69, 9.17) is 0 Å². The van der Waals surface area contributed by atoms with Crippen LogP contribution in [0.5, 0.6) is 0 Å². The molecule has 0 N–H and O–H groups in total. The molecule has 0 aromatic rings. The molecule has 0 aliphatic heterocycles. The Kier molecular flexibility index (Phi) is 86.0. The number of rotatable bonds is 0. The van der Waals surface area contributed by atoms with E-state index in [0.717, 1.165) is 0 Å². The molecule has 0 saturated carbocycles. The molecule has 0 aromatic heterocycles. The topological polar surface area (TPSA) is 0 Å². The van der Waals surface area contributed by atoms with Crippen LogP contribution >= 0.6 is 9.12 Å². The summed E-state index contributed by atoms with van der Waals surface area (Å²) in [5, 5.41) is 0. The Hall–Kier alpha value is 4.10. The Balaban J connectivity index is -0.00000000667. The van der Waals surface area contributed by atoms with E-state index in [1.165, 1.54) is 16.7 Å². The maximum atomic E-state index is 2.64. The molecule has 6 heavy (non-hydrogen) atoms. The van der Waals surface area contributed by atoms with Crippen LogP contribution in [-0.4, -0.2) is 62.2 Å². The van der Waals surface area contributed by atoms with E-state index in [2.05, 4.69) is 9.12 Å². The Morgan fingerprint density at radius 1 is 1.50 bits per heavy atom. The molecule has 0 nitrogen and oxygen atoms in total. The van der Waals surface area contributed by atoms with Gasteiger partial charge in [0.05, 0.1) is 0 Å². The van der Waals surface area contributed by atoms with Gasteiger partial charge in [0.15, 0.2) is 0 Å². The van der Waals surface area contributed by atoms with E-state index in [1.807, 2.05) is 0 Å². The smallest absolute Gasteiger partial charge is 0 e. The van der Waals surface area contributed by atoms with E-state index in [-0.39, 0.29) is 103 Å². The zero-order chi connectivity index (χ0) is 2.71. The van der Waals surface area contributed by atoms with Gasteiger partial charge in [0.2, 0.25) is 0 Å². The maximum absolute atomic E-state index is 2.64. The van der Waals surface area contributed by atoms with Crippen molar-refractivity contribution >= 4 is 71.3 Å². The van der Waals surface area contributed by atoms with E-state index >= 15 is 0 Å². The summed E-state index contributed by atoms with van der Waals surface area (Å²) in [5.41, 5.74) is 0. The second-order valence-corrected chi connectivity index (χ2v) is 3.67. The summed E-state index contributed by atoms with van der Waals surface area (Å²) in [6.45, 7) is 1.31. The normalized spacial score (nSPS) is 2.83. The van der Waals surface area contributed by atoms with Crippen molar-refractivity contribution in [1.82, 2.24) is 0 Å². The van der Waals surface area contributed by atoms with E-state index in [1.54, 1.807) is 0 Å². The molecule has 0 bridgehead atoms. The molecular weight excluding hydrogens is 344 g/mol. The molecule has 0 aliphatic rings. The van der Waals surface area contributed by atoms with E-state index in [0.29, 0.717) is 0 Å². The third-order valence-electron chi connectivity index (χ3n) is 0. The second kappa shape index (κ2) is 23.0. The van der Waals surface area contributed by atoms with Crippen LogP contribution in [0.2, 0.25) is 0 Å². The maximum Gasteiger partial charge on any atom is 0 e. The Bertz CT molecular complexity index is 15.5. The van der Waals surface area contributed by atoms with Gasteiger partial charge in [0, 0.05) is 57.3 Å². The standard InChI is InChI=1S/BH6PSi.La.Sr.Ti.2H/c2-1-3;;;;;/h1H,2H2,3H3;;;;;. The fourth-order valence-electron chi connectivity index (χ4n) is 0. The first-order valence-electron chi connectivity index (χ1n) is 1.12. The Morgan fingerprint density at radius 2 is 1.50 bits per heavy atom. The predicted molar refractivity (Wildman–Crippen MR) is 35.3 cm³/mol. The number of hydrogen-bond acceptors (Lipinski definition) is 0. The summed E-state index contributed by atoms with van der Waals surface area (Å²) >= 11 is 0. The van der Waals surface area contributed by atoms with Crippen LogP contribution in [0.4, 0.5) is 0 Å². The molecule has 0 saturated heterocycles. The molecule has 0 spiro atoms. The quantitative estimate of drug-likeness (QED) is 0.336. The average molecular weight is 352 g/mol. The minimum absolute atomic E-state index is 0. The van der Waals surface area contributed by atoms with Gasteiger partial charge in [0.25, 0.3) is 0 Å². The van der Waals surface area contributed by atoms with Crippen molar-refractivity contribution in [2.24, 2.45) is 0 Å². The molecule has 0 aliphatic carbocycles. The molecule has 1 radical (unpaired) electrons. The Morgan fingerprint density at radius 3 is 1.50 bits per heavy atom.